The van der Waals surface area contributed by atoms with Crippen molar-refractivity contribution in [2.45, 2.75) is 51.8 Å². The van der Waals surface area contributed by atoms with Crippen LogP contribution in [0.15, 0.2) is 12.4 Å². The monoisotopic (exact) mass is 251 g/mol. The van der Waals surface area contributed by atoms with E-state index in [-0.39, 0.29) is 0 Å². The van der Waals surface area contributed by atoms with Gasteiger partial charge in [0, 0.05) is 38.0 Å². The fraction of sp³-hybridized carbons (Fsp3) is 0.786. The molecule has 1 aliphatic rings. The van der Waals surface area contributed by atoms with E-state index in [1.165, 1.54) is 12.8 Å². The van der Waals surface area contributed by atoms with E-state index in [9.17, 15) is 0 Å². The summed E-state index contributed by atoms with van der Waals surface area (Å²) in [5.41, 5.74) is 0. The van der Waals surface area contributed by atoms with Crippen molar-refractivity contribution >= 4 is 0 Å². The second-order valence-corrected chi connectivity index (χ2v) is 4.99. The summed E-state index contributed by atoms with van der Waals surface area (Å²) in [5, 5.41) is 3.42. The van der Waals surface area contributed by atoms with Crippen LogP contribution in [0.1, 0.15) is 32.5 Å². The first-order valence-corrected chi connectivity index (χ1v) is 7.09. The number of nitrogens with zero attached hydrogens (tertiary/aromatic N) is 2. The summed E-state index contributed by atoms with van der Waals surface area (Å²) in [6, 6.07) is 0.366. The summed E-state index contributed by atoms with van der Waals surface area (Å²) in [4.78, 5) is 4.46. The van der Waals surface area contributed by atoms with E-state index in [0.29, 0.717) is 12.1 Å². The van der Waals surface area contributed by atoms with E-state index in [1.54, 1.807) is 0 Å². The van der Waals surface area contributed by atoms with Crippen molar-refractivity contribution in [1.82, 2.24) is 14.9 Å². The third kappa shape index (κ3) is 3.12. The first-order valence-electron chi connectivity index (χ1n) is 7.09. The number of nitrogens with one attached hydrogen (secondary N) is 1. The minimum atomic E-state index is 0.335. The predicted octanol–water partition coefficient (Wildman–Crippen LogP) is 1.85. The molecule has 0 spiro atoms. The number of imidazole rings is 1. The number of rotatable bonds is 8. The average molecular weight is 251 g/mol. The minimum Gasteiger partial charge on any atom is -0.377 e. The first kappa shape index (κ1) is 13.6. The van der Waals surface area contributed by atoms with Crippen LogP contribution in [0.2, 0.25) is 0 Å². The van der Waals surface area contributed by atoms with Crippen molar-refractivity contribution < 1.29 is 4.74 Å². The van der Waals surface area contributed by atoms with E-state index >= 15 is 0 Å². The first-order chi connectivity index (χ1) is 8.80. The second-order valence-electron chi connectivity index (χ2n) is 4.99. The van der Waals surface area contributed by atoms with Crippen LogP contribution in [0.3, 0.4) is 0 Å². The number of hydrogen-bond acceptors (Lipinski definition) is 3. The Morgan fingerprint density at radius 1 is 1.50 bits per heavy atom. The topological polar surface area (TPSA) is 39.1 Å². The van der Waals surface area contributed by atoms with Crippen molar-refractivity contribution in [2.75, 3.05) is 13.7 Å². The van der Waals surface area contributed by atoms with Gasteiger partial charge in [-0.1, -0.05) is 0 Å². The second kappa shape index (κ2) is 6.34. The third-order valence-electron chi connectivity index (χ3n) is 3.76. The van der Waals surface area contributed by atoms with Gasteiger partial charge in [0.1, 0.15) is 5.82 Å². The lowest BCUT2D eigenvalue weighted by atomic mass is 10.0. The summed E-state index contributed by atoms with van der Waals surface area (Å²) in [6.45, 7) is 6.01. The molecule has 0 amide bonds. The molecule has 1 N–H and O–H groups in total. The number of aryl methyl sites for hydroxylation is 1. The molecule has 1 aromatic heterocycles. The van der Waals surface area contributed by atoms with E-state index < -0.39 is 0 Å². The van der Waals surface area contributed by atoms with Gasteiger partial charge in [-0.05, 0) is 39.7 Å². The zero-order chi connectivity index (χ0) is 13.0. The molecule has 18 heavy (non-hydrogen) atoms. The van der Waals surface area contributed by atoms with E-state index in [0.717, 1.165) is 31.3 Å². The number of aromatic nitrogens is 2. The normalized spacial score (nSPS) is 18.8. The van der Waals surface area contributed by atoms with Gasteiger partial charge in [0.15, 0.2) is 0 Å². The summed E-state index contributed by atoms with van der Waals surface area (Å²) >= 11 is 0. The molecule has 1 heterocycles. The van der Waals surface area contributed by atoms with Crippen LogP contribution in [0, 0.1) is 5.92 Å². The standard InChI is InChI=1S/C14H25N3O/c1-4-17-9-8-16-13(17)10-12(15-3)14(18-5-2)11-6-7-11/h8-9,11-12,14-15H,4-7,10H2,1-3H3. The highest BCUT2D eigenvalue weighted by atomic mass is 16.5. The maximum Gasteiger partial charge on any atom is 0.110 e. The fourth-order valence-electron chi connectivity index (χ4n) is 2.60. The summed E-state index contributed by atoms with van der Waals surface area (Å²) < 4.78 is 8.15. The molecule has 1 fully saturated rings. The molecule has 2 atom stereocenters. The van der Waals surface area contributed by atoms with Gasteiger partial charge >= 0.3 is 0 Å². The van der Waals surface area contributed by atoms with Crippen molar-refractivity contribution in [3.05, 3.63) is 18.2 Å². The third-order valence-corrected chi connectivity index (χ3v) is 3.76. The van der Waals surface area contributed by atoms with Crippen LogP contribution in [0.5, 0.6) is 0 Å². The van der Waals surface area contributed by atoms with Crippen molar-refractivity contribution in [1.29, 1.82) is 0 Å². The summed E-state index contributed by atoms with van der Waals surface area (Å²) in [7, 11) is 2.03. The highest BCUT2D eigenvalue weighted by Gasteiger charge is 2.37. The van der Waals surface area contributed by atoms with Gasteiger partial charge in [-0.25, -0.2) is 4.98 Å². The van der Waals surface area contributed by atoms with Crippen LogP contribution < -0.4 is 5.32 Å². The minimum absolute atomic E-state index is 0.335. The molecule has 0 radical (unpaired) electrons. The van der Waals surface area contributed by atoms with Crippen molar-refractivity contribution in [2.24, 2.45) is 5.92 Å². The Balaban J connectivity index is 2.03. The average Bonchev–Trinajstić information content (AvgIpc) is 3.13. The van der Waals surface area contributed by atoms with Crippen LogP contribution >= 0.6 is 0 Å². The van der Waals surface area contributed by atoms with Gasteiger partial charge in [-0.2, -0.15) is 0 Å². The van der Waals surface area contributed by atoms with Gasteiger partial charge in [0.25, 0.3) is 0 Å². The highest BCUT2D eigenvalue weighted by molar-refractivity contribution is 5.00. The molecular formula is C14H25N3O. The SMILES string of the molecule is CCOC(C1CC1)C(Cc1nccn1CC)NC. The molecule has 4 heteroatoms. The van der Waals surface area contributed by atoms with Gasteiger partial charge in [-0.15, -0.1) is 0 Å². The molecule has 0 aromatic carbocycles. The molecule has 0 aliphatic heterocycles. The zero-order valence-corrected chi connectivity index (χ0v) is 11.7. The lowest BCUT2D eigenvalue weighted by Gasteiger charge is -2.26. The molecular weight excluding hydrogens is 226 g/mol. The number of ether oxygens (including phenoxy) is 1. The lowest BCUT2D eigenvalue weighted by Crippen LogP contribution is -2.43. The smallest absolute Gasteiger partial charge is 0.110 e. The van der Waals surface area contributed by atoms with E-state index in [1.807, 2.05) is 13.2 Å². The number of likely N-dealkylation sites (N-methyl/N-ethyl adjacent to an activating group) is 1. The molecule has 1 aliphatic carbocycles. The van der Waals surface area contributed by atoms with Crippen LogP contribution in [-0.2, 0) is 17.7 Å². The Morgan fingerprint density at radius 2 is 2.28 bits per heavy atom. The van der Waals surface area contributed by atoms with Crippen molar-refractivity contribution in [3.63, 3.8) is 0 Å². The molecule has 4 nitrogen and oxygen atoms in total. The quantitative estimate of drug-likeness (QED) is 0.766. The van der Waals surface area contributed by atoms with Crippen LogP contribution in [0.4, 0.5) is 0 Å². The van der Waals surface area contributed by atoms with Gasteiger partial charge in [0.2, 0.25) is 0 Å². The van der Waals surface area contributed by atoms with E-state index in [4.69, 9.17) is 4.74 Å². The maximum atomic E-state index is 5.94. The Hall–Kier alpha value is -0.870. The fourth-order valence-corrected chi connectivity index (χ4v) is 2.60. The molecule has 102 valence electrons. The molecule has 1 aromatic rings. The lowest BCUT2D eigenvalue weighted by molar-refractivity contribution is 0.0204. The van der Waals surface area contributed by atoms with Gasteiger partial charge in [0.05, 0.1) is 6.10 Å². The Kier molecular flexibility index (Phi) is 4.78. The Bertz CT molecular complexity index is 360. The molecule has 1 saturated carbocycles. The van der Waals surface area contributed by atoms with Gasteiger partial charge in [-0.3, -0.25) is 0 Å². The van der Waals surface area contributed by atoms with Crippen molar-refractivity contribution in [3.8, 4) is 0 Å². The summed E-state index contributed by atoms with van der Waals surface area (Å²) in [5.74, 6) is 1.90. The molecule has 0 saturated heterocycles. The zero-order valence-electron chi connectivity index (χ0n) is 11.7. The maximum absolute atomic E-state index is 5.94. The van der Waals surface area contributed by atoms with Crippen LogP contribution in [-0.4, -0.2) is 35.4 Å². The molecule has 2 unspecified atom stereocenters. The molecule has 2 rings (SSSR count). The summed E-state index contributed by atoms with van der Waals surface area (Å²) in [6.07, 6.45) is 7.84. The largest absolute Gasteiger partial charge is 0.377 e. The number of hydrogen-bond donors (Lipinski definition) is 1. The Morgan fingerprint density at radius 3 is 2.83 bits per heavy atom. The Labute approximate surface area is 110 Å². The predicted molar refractivity (Wildman–Crippen MR) is 72.6 cm³/mol. The van der Waals surface area contributed by atoms with Gasteiger partial charge < -0.3 is 14.6 Å². The van der Waals surface area contributed by atoms with Crippen LogP contribution in [0.25, 0.3) is 0 Å². The van der Waals surface area contributed by atoms with E-state index in [2.05, 4.69) is 34.9 Å². The highest BCUT2D eigenvalue weighted by Crippen LogP contribution is 2.36. The molecule has 0 bridgehead atoms.